The minimum absolute atomic E-state index is 0.702. The monoisotopic (exact) mass is 335 g/mol. The van der Waals surface area contributed by atoms with Crippen molar-refractivity contribution in [1.82, 2.24) is 0 Å². The van der Waals surface area contributed by atoms with Crippen molar-refractivity contribution in [2.24, 2.45) is 0 Å². The topological polar surface area (TPSA) is 49.3 Å². The molecule has 2 N–H and O–H groups in total. The van der Waals surface area contributed by atoms with Gasteiger partial charge in [0.25, 0.3) is 0 Å². The van der Waals surface area contributed by atoms with E-state index >= 15 is 0 Å². The summed E-state index contributed by atoms with van der Waals surface area (Å²) in [5.74, 6) is -1.55. The fraction of sp³-hybridized carbons (Fsp3) is 0.0500. The van der Waals surface area contributed by atoms with Crippen molar-refractivity contribution in [1.29, 1.82) is 0 Å². The first-order valence-electron chi connectivity index (χ1n) is 7.69. The number of benzene rings is 3. The molecule has 1 atom stereocenters. The van der Waals surface area contributed by atoms with Crippen LogP contribution in [0.5, 0.6) is 0 Å². The molecule has 3 aromatic carbocycles. The fourth-order valence-electron chi connectivity index (χ4n) is 2.55. The van der Waals surface area contributed by atoms with E-state index < -0.39 is 19.7 Å². The predicted octanol–water partition coefficient (Wildman–Crippen LogP) is 3.64. The smallest absolute Gasteiger partial charge is 0.331 e. The van der Waals surface area contributed by atoms with E-state index in [1.807, 2.05) is 91.0 Å². The number of aliphatic carboxylic acids is 1. The number of para-hydroxylation sites is 1. The molecule has 4 heteroatoms. The van der Waals surface area contributed by atoms with Gasteiger partial charge in [0.1, 0.15) is 0 Å². The lowest BCUT2D eigenvalue weighted by atomic mass is 10.3. The van der Waals surface area contributed by atoms with E-state index in [1.54, 1.807) is 0 Å². The molecule has 0 aliphatic carbocycles. The molecule has 0 amide bonds. The van der Waals surface area contributed by atoms with Crippen molar-refractivity contribution in [2.75, 3.05) is 5.32 Å². The Balaban J connectivity index is 2.03. The molecule has 1 unspecified atom stereocenters. The third-order valence-corrected chi connectivity index (χ3v) is 6.21. The second-order valence-electron chi connectivity index (χ2n) is 5.29. The van der Waals surface area contributed by atoms with Crippen LogP contribution in [0.1, 0.15) is 0 Å². The first-order chi connectivity index (χ1) is 11.8. The van der Waals surface area contributed by atoms with Gasteiger partial charge in [0.05, 0.1) is 0 Å². The van der Waals surface area contributed by atoms with Gasteiger partial charge in [0.2, 0.25) is 0 Å². The average Bonchev–Trinajstić information content (AvgIpc) is 2.64. The molecule has 0 bridgehead atoms. The van der Waals surface area contributed by atoms with E-state index in [1.165, 1.54) is 0 Å². The standard InChI is InChI=1S/C20H18NO2P/c22-20(23)19(21-16-10-4-1-5-11-16)24(17-12-6-2-7-13-17)18-14-8-3-9-15-18/h1-15,19,21H,(H,22,23). The van der Waals surface area contributed by atoms with E-state index in [0.29, 0.717) is 0 Å². The zero-order valence-electron chi connectivity index (χ0n) is 13.0. The molecule has 0 saturated heterocycles. The maximum atomic E-state index is 12.0. The Morgan fingerprint density at radius 3 is 1.58 bits per heavy atom. The lowest BCUT2D eigenvalue weighted by Crippen LogP contribution is -2.34. The Morgan fingerprint density at radius 1 is 0.750 bits per heavy atom. The van der Waals surface area contributed by atoms with E-state index in [0.717, 1.165) is 16.3 Å². The van der Waals surface area contributed by atoms with E-state index in [9.17, 15) is 9.90 Å². The summed E-state index contributed by atoms with van der Waals surface area (Å²) in [6.07, 6.45) is 0. The first kappa shape index (κ1) is 16.2. The van der Waals surface area contributed by atoms with Gasteiger partial charge in [-0.15, -0.1) is 0 Å². The normalized spacial score (nSPS) is 11.9. The minimum Gasteiger partial charge on any atom is -0.479 e. The summed E-state index contributed by atoms with van der Waals surface area (Å²) in [6.45, 7) is 0. The molecule has 3 aromatic rings. The van der Waals surface area contributed by atoms with Gasteiger partial charge in [0, 0.05) is 5.69 Å². The lowest BCUT2D eigenvalue weighted by Gasteiger charge is -2.27. The Labute approximate surface area is 142 Å². The number of carboxylic acids is 1. The molecule has 0 radical (unpaired) electrons. The van der Waals surface area contributed by atoms with E-state index in [4.69, 9.17) is 0 Å². The Kier molecular flexibility index (Phi) is 5.25. The van der Waals surface area contributed by atoms with Gasteiger partial charge in [-0.25, -0.2) is 4.79 Å². The molecule has 0 aliphatic rings. The molecule has 120 valence electrons. The van der Waals surface area contributed by atoms with Crippen LogP contribution in [0.3, 0.4) is 0 Å². The molecular weight excluding hydrogens is 317 g/mol. The van der Waals surface area contributed by atoms with Crippen LogP contribution < -0.4 is 15.9 Å². The highest BCUT2D eigenvalue weighted by atomic mass is 31.1. The van der Waals surface area contributed by atoms with Crippen molar-refractivity contribution in [3.8, 4) is 0 Å². The summed E-state index contributed by atoms with van der Waals surface area (Å²) in [4.78, 5) is 12.0. The Bertz CT molecular complexity index is 739. The molecule has 0 aliphatic heterocycles. The zero-order chi connectivity index (χ0) is 16.8. The van der Waals surface area contributed by atoms with E-state index in [-0.39, 0.29) is 0 Å². The van der Waals surface area contributed by atoms with Crippen molar-refractivity contribution in [3.05, 3.63) is 91.0 Å². The summed E-state index contributed by atoms with van der Waals surface area (Å²) in [7, 11) is -1.09. The summed E-state index contributed by atoms with van der Waals surface area (Å²) in [6, 6.07) is 29.2. The number of nitrogens with one attached hydrogen (secondary N) is 1. The SMILES string of the molecule is O=C(O)C(Nc1ccccc1)P(c1ccccc1)c1ccccc1. The molecule has 24 heavy (non-hydrogen) atoms. The number of hydrogen-bond donors (Lipinski definition) is 2. The molecule has 0 spiro atoms. The molecular formula is C20H18NO2P. The third-order valence-electron chi connectivity index (χ3n) is 3.64. The second kappa shape index (κ2) is 7.76. The molecule has 0 fully saturated rings. The van der Waals surface area contributed by atoms with Gasteiger partial charge in [-0.2, -0.15) is 0 Å². The van der Waals surface area contributed by atoms with Crippen LogP contribution in [0, 0.1) is 0 Å². The number of carboxylic acid groups (broad SMARTS) is 1. The second-order valence-corrected chi connectivity index (χ2v) is 7.58. The molecule has 0 heterocycles. The quantitative estimate of drug-likeness (QED) is 0.676. The van der Waals surface area contributed by atoms with Gasteiger partial charge in [-0.1, -0.05) is 78.9 Å². The summed E-state index contributed by atoms with van der Waals surface area (Å²) >= 11 is 0. The largest absolute Gasteiger partial charge is 0.479 e. The maximum Gasteiger partial charge on any atom is 0.331 e. The van der Waals surface area contributed by atoms with Gasteiger partial charge in [0.15, 0.2) is 5.78 Å². The van der Waals surface area contributed by atoms with Gasteiger partial charge >= 0.3 is 5.97 Å². The molecule has 3 nitrogen and oxygen atoms in total. The number of hydrogen-bond acceptors (Lipinski definition) is 2. The van der Waals surface area contributed by atoms with Crippen LogP contribution in [0.2, 0.25) is 0 Å². The molecule has 0 saturated carbocycles. The molecule has 3 rings (SSSR count). The van der Waals surface area contributed by atoms with Gasteiger partial charge in [-0.3, -0.25) is 0 Å². The highest BCUT2D eigenvalue weighted by Gasteiger charge is 2.30. The van der Waals surface area contributed by atoms with Crippen molar-refractivity contribution in [3.63, 3.8) is 0 Å². The van der Waals surface area contributed by atoms with Gasteiger partial charge < -0.3 is 10.4 Å². The summed E-state index contributed by atoms with van der Waals surface area (Å²) in [5, 5.41) is 15.2. The van der Waals surface area contributed by atoms with Crippen molar-refractivity contribution in [2.45, 2.75) is 5.78 Å². The Hall–Kier alpha value is -2.64. The van der Waals surface area contributed by atoms with E-state index in [2.05, 4.69) is 5.32 Å². The lowest BCUT2D eigenvalue weighted by molar-refractivity contribution is -0.135. The van der Waals surface area contributed by atoms with Crippen LogP contribution in [-0.4, -0.2) is 16.9 Å². The summed E-state index contributed by atoms with van der Waals surface area (Å²) in [5.41, 5.74) is 0.810. The minimum atomic E-state index is -1.09. The summed E-state index contributed by atoms with van der Waals surface area (Å²) < 4.78 is 0. The van der Waals surface area contributed by atoms with Crippen molar-refractivity contribution < 1.29 is 9.90 Å². The Morgan fingerprint density at radius 2 is 1.17 bits per heavy atom. The van der Waals surface area contributed by atoms with Crippen LogP contribution >= 0.6 is 7.92 Å². The number of rotatable bonds is 6. The molecule has 0 aromatic heterocycles. The highest BCUT2D eigenvalue weighted by molar-refractivity contribution is 7.74. The number of anilines is 1. The van der Waals surface area contributed by atoms with Gasteiger partial charge in [-0.05, 0) is 30.7 Å². The van der Waals surface area contributed by atoms with Crippen LogP contribution in [0.4, 0.5) is 5.69 Å². The zero-order valence-corrected chi connectivity index (χ0v) is 13.9. The van der Waals surface area contributed by atoms with Crippen LogP contribution in [0.15, 0.2) is 91.0 Å². The van der Waals surface area contributed by atoms with Crippen LogP contribution in [0.25, 0.3) is 0 Å². The first-order valence-corrected chi connectivity index (χ1v) is 9.10. The fourth-order valence-corrected chi connectivity index (χ4v) is 4.93. The average molecular weight is 335 g/mol. The maximum absolute atomic E-state index is 12.0. The van der Waals surface area contributed by atoms with Crippen LogP contribution in [-0.2, 0) is 4.79 Å². The number of carbonyl (C=O) groups is 1. The highest BCUT2D eigenvalue weighted by Crippen LogP contribution is 2.39. The third kappa shape index (κ3) is 3.81. The predicted molar refractivity (Wildman–Crippen MR) is 101 cm³/mol. The van der Waals surface area contributed by atoms with Crippen molar-refractivity contribution >= 4 is 30.2 Å².